The highest BCUT2D eigenvalue weighted by atomic mass is 35.5. The van der Waals surface area contributed by atoms with Crippen molar-refractivity contribution in [3.05, 3.63) is 71.1 Å². The average molecular weight is 652 g/mol. The summed E-state index contributed by atoms with van der Waals surface area (Å²) in [5, 5.41) is 6.55. The number of carbonyl (C=O) groups excluding carboxylic acids is 1. The van der Waals surface area contributed by atoms with E-state index in [1.54, 1.807) is 36.4 Å². The van der Waals surface area contributed by atoms with E-state index < -0.39 is 6.43 Å². The van der Waals surface area contributed by atoms with Crippen LogP contribution in [0.5, 0.6) is 0 Å². The zero-order valence-electron chi connectivity index (χ0n) is 26.1. The summed E-state index contributed by atoms with van der Waals surface area (Å²) in [5.41, 5.74) is 2.57. The van der Waals surface area contributed by atoms with Crippen LogP contribution in [0.15, 0.2) is 54.6 Å². The summed E-state index contributed by atoms with van der Waals surface area (Å²) in [5.74, 6) is 1.47. The number of carbonyl (C=O) groups is 1. The predicted molar refractivity (Wildman–Crippen MR) is 176 cm³/mol. The van der Waals surface area contributed by atoms with E-state index in [-0.39, 0.29) is 29.7 Å². The van der Waals surface area contributed by atoms with Crippen molar-refractivity contribution < 1.29 is 18.3 Å². The predicted octanol–water partition coefficient (Wildman–Crippen LogP) is 7.75. The van der Waals surface area contributed by atoms with Gasteiger partial charge in [-0.15, -0.1) is 0 Å². The van der Waals surface area contributed by atoms with Crippen molar-refractivity contribution in [2.24, 2.45) is 11.8 Å². The number of fused-ring (bicyclic) bond motifs is 1. The van der Waals surface area contributed by atoms with Crippen molar-refractivity contribution in [3.8, 4) is 5.82 Å². The molecule has 3 heterocycles. The summed E-state index contributed by atoms with van der Waals surface area (Å²) >= 11 is 6.04. The number of anilines is 2. The maximum Gasteiger partial charge on any atom is 0.319 e. The van der Waals surface area contributed by atoms with Crippen LogP contribution in [0.3, 0.4) is 0 Å². The first-order valence-corrected chi connectivity index (χ1v) is 16.4. The van der Waals surface area contributed by atoms with Gasteiger partial charge in [0.25, 0.3) is 6.43 Å². The maximum absolute atomic E-state index is 14.3. The molecule has 2 amide bonds. The standard InChI is InChI=1S/C34H40ClF2N7O2/c1-21(18-23-10-12-25(13-11-23)38-34(45)39-26-7-5-6-24(35)19-26)22(2)28-20-30(42-33(41-28)43-14-16-46-17-15-43)44-29-9-4-3-8-27(29)40-32(44)31(36)37/h3-9,19-23,25,31H,10-18H2,1-2H3,(H2,38,39,45)/t21-,22?,23?,25?/m1/s1. The molecule has 6 rings (SSSR count). The number of aromatic nitrogens is 4. The van der Waals surface area contributed by atoms with Crippen LogP contribution in [-0.2, 0) is 4.74 Å². The van der Waals surface area contributed by atoms with E-state index in [4.69, 9.17) is 26.3 Å². The summed E-state index contributed by atoms with van der Waals surface area (Å²) in [4.78, 5) is 28.7. The highest BCUT2D eigenvalue weighted by molar-refractivity contribution is 6.30. The van der Waals surface area contributed by atoms with Gasteiger partial charge in [0.1, 0.15) is 5.82 Å². The second kappa shape index (κ2) is 14.3. The molecule has 0 bridgehead atoms. The van der Waals surface area contributed by atoms with Gasteiger partial charge in [0.2, 0.25) is 5.95 Å². The fourth-order valence-electron chi connectivity index (χ4n) is 6.61. The van der Waals surface area contributed by atoms with Gasteiger partial charge in [0, 0.05) is 41.8 Å². The van der Waals surface area contributed by atoms with Gasteiger partial charge < -0.3 is 20.3 Å². The van der Waals surface area contributed by atoms with Gasteiger partial charge in [0.05, 0.1) is 29.9 Å². The lowest BCUT2D eigenvalue weighted by atomic mass is 9.77. The number of benzene rings is 2. The number of rotatable bonds is 9. The van der Waals surface area contributed by atoms with Crippen LogP contribution in [0.2, 0.25) is 5.02 Å². The Hall–Kier alpha value is -3.83. The summed E-state index contributed by atoms with van der Waals surface area (Å²) in [6.07, 6.45) is 2.11. The van der Waals surface area contributed by atoms with E-state index >= 15 is 0 Å². The molecule has 1 saturated heterocycles. The molecule has 2 aromatic heterocycles. The number of halogens is 3. The van der Waals surface area contributed by atoms with Crippen molar-refractivity contribution in [1.82, 2.24) is 24.8 Å². The third-order valence-corrected chi connectivity index (χ3v) is 9.55. The zero-order valence-corrected chi connectivity index (χ0v) is 26.9. The molecule has 1 unspecified atom stereocenters. The van der Waals surface area contributed by atoms with Crippen LogP contribution >= 0.6 is 11.6 Å². The minimum absolute atomic E-state index is 0.0608. The first kappa shape index (κ1) is 32.1. The maximum atomic E-state index is 14.3. The Kier molecular flexibility index (Phi) is 9.98. The number of imidazole rings is 1. The van der Waals surface area contributed by atoms with E-state index in [1.165, 1.54) is 4.57 Å². The van der Waals surface area contributed by atoms with E-state index in [1.807, 2.05) is 18.2 Å². The van der Waals surface area contributed by atoms with Gasteiger partial charge in [0.15, 0.2) is 5.82 Å². The zero-order chi connectivity index (χ0) is 32.2. The van der Waals surface area contributed by atoms with Crippen LogP contribution < -0.4 is 15.5 Å². The molecule has 2 fully saturated rings. The lowest BCUT2D eigenvalue weighted by Gasteiger charge is -2.32. The molecule has 4 aromatic rings. The molecule has 1 aliphatic carbocycles. The Morgan fingerprint density at radius 3 is 2.50 bits per heavy atom. The van der Waals surface area contributed by atoms with Crippen LogP contribution in [-0.4, -0.2) is 57.9 Å². The molecule has 1 saturated carbocycles. The summed E-state index contributed by atoms with van der Waals surface area (Å²) in [6, 6.07) is 16.0. The van der Waals surface area contributed by atoms with Crippen LogP contribution in [0, 0.1) is 11.8 Å². The van der Waals surface area contributed by atoms with Gasteiger partial charge in [-0.2, -0.15) is 4.98 Å². The molecular weight excluding hydrogens is 612 g/mol. The number of para-hydroxylation sites is 2. The van der Waals surface area contributed by atoms with Crippen molar-refractivity contribution in [3.63, 3.8) is 0 Å². The molecule has 0 spiro atoms. The molecule has 1 aliphatic heterocycles. The van der Waals surface area contributed by atoms with Crippen molar-refractivity contribution in [2.75, 3.05) is 36.5 Å². The first-order valence-electron chi connectivity index (χ1n) is 16.1. The number of hydrogen-bond acceptors (Lipinski definition) is 6. The van der Waals surface area contributed by atoms with Gasteiger partial charge in [-0.1, -0.05) is 43.6 Å². The second-order valence-electron chi connectivity index (χ2n) is 12.5. The van der Waals surface area contributed by atoms with Crippen LogP contribution in [0.25, 0.3) is 16.9 Å². The lowest BCUT2D eigenvalue weighted by molar-refractivity contribution is 0.122. The van der Waals surface area contributed by atoms with Gasteiger partial charge >= 0.3 is 6.03 Å². The number of ether oxygens (including phenoxy) is 1. The fourth-order valence-corrected chi connectivity index (χ4v) is 6.80. The highest BCUT2D eigenvalue weighted by Gasteiger charge is 2.29. The number of amides is 2. The highest BCUT2D eigenvalue weighted by Crippen LogP contribution is 2.36. The molecule has 2 atom stereocenters. The van der Waals surface area contributed by atoms with E-state index in [9.17, 15) is 13.6 Å². The summed E-state index contributed by atoms with van der Waals surface area (Å²) < 4.78 is 35.6. The number of hydrogen-bond donors (Lipinski definition) is 2. The van der Waals surface area contributed by atoms with Gasteiger partial charge in [-0.25, -0.2) is 23.5 Å². The van der Waals surface area contributed by atoms with Gasteiger partial charge in [-0.3, -0.25) is 4.57 Å². The second-order valence-corrected chi connectivity index (χ2v) is 12.9. The Morgan fingerprint density at radius 1 is 1.00 bits per heavy atom. The molecule has 2 N–H and O–H groups in total. The molecule has 2 aliphatic rings. The van der Waals surface area contributed by atoms with Gasteiger partial charge in [-0.05, 0) is 74.3 Å². The molecule has 0 radical (unpaired) electrons. The Labute approximate surface area is 272 Å². The quantitative estimate of drug-likeness (QED) is 0.192. The van der Waals surface area contributed by atoms with Crippen molar-refractivity contribution in [2.45, 2.75) is 64.3 Å². The average Bonchev–Trinajstić information content (AvgIpc) is 3.46. The van der Waals surface area contributed by atoms with Crippen molar-refractivity contribution >= 4 is 40.3 Å². The normalized spacial score (nSPS) is 20.1. The Morgan fingerprint density at radius 2 is 1.76 bits per heavy atom. The largest absolute Gasteiger partial charge is 0.378 e. The fraction of sp³-hybridized carbons (Fsp3) is 0.471. The molecule has 46 heavy (non-hydrogen) atoms. The number of nitrogens with zero attached hydrogens (tertiary/aromatic N) is 5. The summed E-state index contributed by atoms with van der Waals surface area (Å²) in [6.45, 7) is 6.78. The number of nitrogens with one attached hydrogen (secondary N) is 2. The van der Waals surface area contributed by atoms with E-state index in [2.05, 4.69) is 34.4 Å². The monoisotopic (exact) mass is 651 g/mol. The molecular formula is C34H40ClF2N7O2. The molecule has 2 aromatic carbocycles. The van der Waals surface area contributed by atoms with Crippen molar-refractivity contribution in [1.29, 1.82) is 0 Å². The number of alkyl halides is 2. The minimum Gasteiger partial charge on any atom is -0.378 e. The number of urea groups is 1. The van der Waals surface area contributed by atoms with E-state index in [0.29, 0.717) is 65.7 Å². The van der Waals surface area contributed by atoms with E-state index in [0.717, 1.165) is 37.8 Å². The van der Waals surface area contributed by atoms with Crippen LogP contribution in [0.1, 0.15) is 69.8 Å². The first-order chi connectivity index (χ1) is 22.2. The third-order valence-electron chi connectivity index (χ3n) is 9.32. The van der Waals surface area contributed by atoms with Crippen LogP contribution in [0.4, 0.5) is 25.2 Å². The lowest BCUT2D eigenvalue weighted by Crippen LogP contribution is -2.40. The molecule has 244 valence electrons. The number of morpholine rings is 1. The molecule has 12 heteroatoms. The third kappa shape index (κ3) is 7.41. The smallest absolute Gasteiger partial charge is 0.319 e. The summed E-state index contributed by atoms with van der Waals surface area (Å²) in [7, 11) is 0. The minimum atomic E-state index is -2.76. The Bertz CT molecular complexity index is 1650. The topological polar surface area (TPSA) is 97.2 Å². The Balaban J connectivity index is 1.16. The SMILES string of the molecule is CC(c1cc(-n2c(C(F)F)nc3ccccc32)nc(N2CCOCC2)n1)[C@H](C)CC1CCC(NC(=O)Nc2cccc(Cl)c2)CC1. The molecule has 9 nitrogen and oxygen atoms in total.